The molecule has 4 rings (SSSR count). The van der Waals surface area contributed by atoms with Crippen LogP contribution in [0.2, 0.25) is 0 Å². The third kappa shape index (κ3) is 2.37. The average Bonchev–Trinajstić information content (AvgIpc) is 3.17. The molecule has 0 spiro atoms. The molecule has 0 unspecified atom stereocenters. The molecule has 1 aliphatic rings. The molecule has 0 aromatic carbocycles. The Morgan fingerprint density at radius 1 is 1.29 bits per heavy atom. The van der Waals surface area contributed by atoms with Gasteiger partial charge in [0.25, 0.3) is 0 Å². The van der Waals surface area contributed by atoms with Gasteiger partial charge in [0.1, 0.15) is 0 Å². The summed E-state index contributed by atoms with van der Waals surface area (Å²) < 4.78 is 44.1. The lowest BCUT2D eigenvalue weighted by Gasteiger charge is -2.11. The van der Waals surface area contributed by atoms with Crippen LogP contribution in [0.1, 0.15) is 36.9 Å². The number of halogens is 3. The summed E-state index contributed by atoms with van der Waals surface area (Å²) in [6, 6.07) is 1.12. The summed E-state index contributed by atoms with van der Waals surface area (Å²) in [5.74, 6) is 0.116. The largest absolute Gasteiger partial charge is 0.417 e. The van der Waals surface area contributed by atoms with Crippen LogP contribution in [-0.2, 0) is 19.8 Å². The van der Waals surface area contributed by atoms with Gasteiger partial charge in [-0.25, -0.2) is 4.98 Å². The van der Waals surface area contributed by atoms with Crippen LogP contribution in [0.15, 0.2) is 18.5 Å². The van der Waals surface area contributed by atoms with Gasteiger partial charge in [0.15, 0.2) is 5.65 Å². The van der Waals surface area contributed by atoms with Gasteiger partial charge in [-0.3, -0.25) is 9.36 Å². The summed E-state index contributed by atoms with van der Waals surface area (Å²) in [7, 11) is 1.64. The van der Waals surface area contributed by atoms with E-state index in [9.17, 15) is 13.2 Å². The molecule has 0 N–H and O–H groups in total. The fourth-order valence-corrected chi connectivity index (χ4v) is 2.96. The van der Waals surface area contributed by atoms with Gasteiger partial charge in [0.2, 0.25) is 0 Å². The molecule has 1 saturated carbocycles. The first kappa shape index (κ1) is 15.2. The second-order valence-electron chi connectivity index (χ2n) is 6.12. The second-order valence-corrected chi connectivity index (χ2v) is 6.12. The van der Waals surface area contributed by atoms with Gasteiger partial charge in [-0.05, 0) is 25.8 Å². The number of alkyl halides is 3. The summed E-state index contributed by atoms with van der Waals surface area (Å²) >= 11 is 0. The van der Waals surface area contributed by atoms with E-state index in [4.69, 9.17) is 0 Å². The van der Waals surface area contributed by atoms with Crippen LogP contribution in [-0.4, -0.2) is 24.5 Å². The number of hydrogen-bond donors (Lipinski definition) is 0. The molecule has 3 aromatic rings. The van der Waals surface area contributed by atoms with Crippen molar-refractivity contribution in [3.8, 4) is 11.3 Å². The fraction of sp³-hybridized carbons (Fsp3) is 0.438. The maximum Gasteiger partial charge on any atom is 0.417 e. The van der Waals surface area contributed by atoms with Crippen molar-refractivity contribution in [1.29, 1.82) is 0 Å². The second kappa shape index (κ2) is 5.06. The van der Waals surface area contributed by atoms with Gasteiger partial charge in [0, 0.05) is 31.3 Å². The third-order valence-corrected chi connectivity index (χ3v) is 4.34. The minimum absolute atomic E-state index is 0.116. The molecule has 5 nitrogen and oxygen atoms in total. The van der Waals surface area contributed by atoms with E-state index in [0.29, 0.717) is 17.8 Å². The van der Waals surface area contributed by atoms with Crippen LogP contribution in [0, 0.1) is 0 Å². The lowest BCUT2D eigenvalue weighted by atomic mass is 10.1. The van der Waals surface area contributed by atoms with Crippen LogP contribution in [0.25, 0.3) is 22.3 Å². The normalized spacial score (nSPS) is 15.4. The van der Waals surface area contributed by atoms with E-state index in [1.165, 1.54) is 10.9 Å². The molecule has 0 saturated heterocycles. The molecule has 1 aliphatic carbocycles. The predicted molar refractivity (Wildman–Crippen MR) is 82.4 cm³/mol. The van der Waals surface area contributed by atoms with Crippen LogP contribution >= 0.6 is 0 Å². The van der Waals surface area contributed by atoms with Gasteiger partial charge in [0.05, 0.1) is 28.5 Å². The lowest BCUT2D eigenvalue weighted by molar-refractivity contribution is -0.136. The van der Waals surface area contributed by atoms with E-state index >= 15 is 0 Å². The smallest absolute Gasteiger partial charge is 0.272 e. The maximum absolute atomic E-state index is 13.7. The van der Waals surface area contributed by atoms with Crippen molar-refractivity contribution in [2.75, 3.05) is 0 Å². The molecular weight excluding hydrogens is 319 g/mol. The molecule has 0 radical (unpaired) electrons. The molecule has 1 fully saturated rings. The first-order chi connectivity index (χ1) is 11.4. The molecule has 0 amide bonds. The summed E-state index contributed by atoms with van der Waals surface area (Å²) in [6.07, 6.45) is 0.550. The Bertz CT molecular complexity index is 918. The molecule has 0 aliphatic heterocycles. The van der Waals surface area contributed by atoms with E-state index in [-0.39, 0.29) is 22.6 Å². The molecule has 126 valence electrons. The quantitative estimate of drug-likeness (QED) is 0.732. The van der Waals surface area contributed by atoms with Crippen molar-refractivity contribution in [2.24, 2.45) is 7.05 Å². The Hall–Kier alpha value is -2.38. The number of fused-ring (bicyclic) bond motifs is 1. The number of rotatable bonds is 3. The van der Waals surface area contributed by atoms with E-state index in [1.807, 2.05) is 6.92 Å². The van der Waals surface area contributed by atoms with Gasteiger partial charge in [-0.2, -0.15) is 23.4 Å². The van der Waals surface area contributed by atoms with Crippen LogP contribution in [0.4, 0.5) is 13.2 Å². The van der Waals surface area contributed by atoms with Gasteiger partial charge < -0.3 is 0 Å². The van der Waals surface area contributed by atoms with Crippen LogP contribution < -0.4 is 0 Å². The fourth-order valence-electron chi connectivity index (χ4n) is 2.96. The monoisotopic (exact) mass is 335 g/mol. The highest BCUT2D eigenvalue weighted by atomic mass is 19.4. The minimum Gasteiger partial charge on any atom is -0.272 e. The van der Waals surface area contributed by atoms with Gasteiger partial charge >= 0.3 is 6.18 Å². The highest BCUT2D eigenvalue weighted by Crippen LogP contribution is 2.46. The summed E-state index contributed by atoms with van der Waals surface area (Å²) in [6.45, 7) is 2.56. The molecule has 8 heteroatoms. The van der Waals surface area contributed by atoms with Crippen molar-refractivity contribution in [1.82, 2.24) is 24.5 Å². The maximum atomic E-state index is 13.7. The van der Waals surface area contributed by atoms with E-state index in [1.54, 1.807) is 17.9 Å². The van der Waals surface area contributed by atoms with Crippen molar-refractivity contribution < 1.29 is 13.2 Å². The van der Waals surface area contributed by atoms with Crippen LogP contribution in [0.5, 0.6) is 0 Å². The lowest BCUT2D eigenvalue weighted by Crippen LogP contribution is -2.08. The first-order valence-electron chi connectivity index (χ1n) is 7.86. The Balaban J connectivity index is 1.99. The zero-order chi connectivity index (χ0) is 17.1. The van der Waals surface area contributed by atoms with Gasteiger partial charge in [-0.1, -0.05) is 0 Å². The van der Waals surface area contributed by atoms with E-state index < -0.39 is 11.7 Å². The van der Waals surface area contributed by atoms with E-state index in [0.717, 1.165) is 18.9 Å². The standard InChI is InChI=1S/C16H16F3N5/c1-3-24-8-10(7-20-24)12-6-11(16(17,18)19)13-14(9-4-5-9)22-23(2)15(13)21-12/h6-9H,3-5H2,1-2H3. The first-order valence-corrected chi connectivity index (χ1v) is 7.86. The van der Waals surface area contributed by atoms with Crippen molar-refractivity contribution in [2.45, 2.75) is 38.4 Å². The zero-order valence-electron chi connectivity index (χ0n) is 13.3. The summed E-state index contributed by atoms with van der Waals surface area (Å²) in [4.78, 5) is 4.44. The topological polar surface area (TPSA) is 48.5 Å². The van der Waals surface area contributed by atoms with Crippen LogP contribution in [0.3, 0.4) is 0 Å². The number of nitrogens with zero attached hydrogens (tertiary/aromatic N) is 5. The van der Waals surface area contributed by atoms with Gasteiger partial charge in [-0.15, -0.1) is 0 Å². The summed E-state index contributed by atoms with van der Waals surface area (Å²) in [5.41, 5.74) is 0.953. The molecule has 3 aromatic heterocycles. The highest BCUT2D eigenvalue weighted by molar-refractivity contribution is 5.86. The van der Waals surface area contributed by atoms with Crippen molar-refractivity contribution >= 4 is 11.0 Å². The Morgan fingerprint density at radius 3 is 2.62 bits per heavy atom. The molecule has 3 heterocycles. The third-order valence-electron chi connectivity index (χ3n) is 4.34. The average molecular weight is 335 g/mol. The highest BCUT2D eigenvalue weighted by Gasteiger charge is 2.39. The number of aromatic nitrogens is 5. The van der Waals surface area contributed by atoms with Crippen molar-refractivity contribution in [3.05, 3.63) is 29.7 Å². The Morgan fingerprint density at radius 2 is 2.04 bits per heavy atom. The predicted octanol–water partition coefficient (Wildman–Crippen LogP) is 3.75. The number of hydrogen-bond acceptors (Lipinski definition) is 3. The Kier molecular flexibility index (Phi) is 3.20. The zero-order valence-corrected chi connectivity index (χ0v) is 13.3. The molecule has 0 atom stereocenters. The minimum atomic E-state index is -4.45. The molecule has 0 bridgehead atoms. The molecular formula is C16H16F3N5. The summed E-state index contributed by atoms with van der Waals surface area (Å²) in [5, 5.41) is 8.58. The number of pyridine rings is 1. The van der Waals surface area contributed by atoms with Crippen molar-refractivity contribution in [3.63, 3.8) is 0 Å². The Labute approximate surface area is 136 Å². The SMILES string of the molecule is CCn1cc(-c2cc(C(F)(F)F)c3c(C4CC4)nn(C)c3n2)cn1. The number of aryl methyl sites for hydroxylation is 2. The van der Waals surface area contributed by atoms with E-state index in [2.05, 4.69) is 15.2 Å². The molecule has 24 heavy (non-hydrogen) atoms.